The summed E-state index contributed by atoms with van der Waals surface area (Å²) in [6, 6.07) is 0. The monoisotopic (exact) mass is 316 g/mol. The van der Waals surface area contributed by atoms with Crippen LogP contribution in [0.1, 0.15) is 11.8 Å². The maximum absolute atomic E-state index is 12.0. The van der Waals surface area contributed by atoms with Crippen LogP contribution in [0.2, 0.25) is 0 Å². The molecule has 1 aliphatic heterocycles. The van der Waals surface area contributed by atoms with E-state index in [0.29, 0.717) is 12.2 Å². The van der Waals surface area contributed by atoms with Gasteiger partial charge < -0.3 is 24.4 Å². The topological polar surface area (TPSA) is 123 Å². The minimum absolute atomic E-state index is 0.188. The number of hydrogen-bond acceptors (Lipinski definition) is 7. The summed E-state index contributed by atoms with van der Waals surface area (Å²) in [5.74, 6) is 0. The van der Waals surface area contributed by atoms with Crippen LogP contribution in [0.4, 0.5) is 0 Å². The average Bonchev–Trinajstić information content (AvgIpc) is 2.80. The van der Waals surface area contributed by atoms with Crippen molar-refractivity contribution >= 4 is 0 Å². The number of nitrogens with one attached hydrogen (secondary N) is 1. The summed E-state index contributed by atoms with van der Waals surface area (Å²) in [5, 5.41) is 19.4. The molecule has 0 aliphatic carbocycles. The predicted molar refractivity (Wildman–Crippen MR) is 74.7 cm³/mol. The highest BCUT2D eigenvalue weighted by molar-refractivity contribution is 5.03. The van der Waals surface area contributed by atoms with E-state index >= 15 is 0 Å². The third-order valence-electron chi connectivity index (χ3n) is 3.51. The minimum Gasteiger partial charge on any atom is -0.394 e. The van der Waals surface area contributed by atoms with Crippen molar-refractivity contribution in [2.24, 2.45) is 0 Å². The van der Waals surface area contributed by atoms with E-state index in [-0.39, 0.29) is 6.61 Å². The molecule has 1 fully saturated rings. The standard InChI is InChI=1S/C13H20N2O7/c1-7-5-15(13(19)14-11(7)18)12-10(21-4-3-20-2)9(17)8(6-16)22-12/h5,8-10,12,16-17H,3-4,6H2,1-2H3,(H,14,18,19)/t8-,9+,10-,12-/m1/s1. The molecule has 0 aromatic carbocycles. The van der Waals surface area contributed by atoms with Gasteiger partial charge in [-0.05, 0) is 6.92 Å². The highest BCUT2D eigenvalue weighted by atomic mass is 16.6. The number of aromatic amines is 1. The lowest BCUT2D eigenvalue weighted by atomic mass is 10.1. The highest BCUT2D eigenvalue weighted by Gasteiger charge is 2.45. The van der Waals surface area contributed by atoms with E-state index in [1.807, 2.05) is 0 Å². The van der Waals surface area contributed by atoms with E-state index in [2.05, 4.69) is 4.98 Å². The number of aliphatic hydroxyl groups excluding tert-OH is 2. The van der Waals surface area contributed by atoms with Crippen molar-refractivity contribution in [2.45, 2.75) is 31.5 Å². The van der Waals surface area contributed by atoms with Crippen LogP contribution in [0.3, 0.4) is 0 Å². The van der Waals surface area contributed by atoms with E-state index < -0.39 is 42.4 Å². The van der Waals surface area contributed by atoms with Gasteiger partial charge in [-0.1, -0.05) is 0 Å². The first kappa shape index (κ1) is 16.8. The molecule has 3 N–H and O–H groups in total. The van der Waals surface area contributed by atoms with Gasteiger partial charge in [0.05, 0.1) is 19.8 Å². The summed E-state index contributed by atoms with van der Waals surface area (Å²) in [4.78, 5) is 25.6. The minimum atomic E-state index is -1.11. The third kappa shape index (κ3) is 3.28. The molecule has 0 radical (unpaired) electrons. The van der Waals surface area contributed by atoms with Gasteiger partial charge >= 0.3 is 5.69 Å². The van der Waals surface area contributed by atoms with Crippen LogP contribution in [-0.4, -0.2) is 65.0 Å². The fourth-order valence-electron chi connectivity index (χ4n) is 2.32. The Kier molecular flexibility index (Phi) is 5.48. The number of aryl methyl sites for hydroxylation is 1. The van der Waals surface area contributed by atoms with Crippen LogP contribution in [0.5, 0.6) is 0 Å². The molecule has 1 aliphatic rings. The normalized spacial score (nSPS) is 28.2. The lowest BCUT2D eigenvalue weighted by molar-refractivity contribution is -0.0820. The first-order valence-electron chi connectivity index (χ1n) is 6.86. The largest absolute Gasteiger partial charge is 0.394 e. The van der Waals surface area contributed by atoms with Crippen molar-refractivity contribution < 1.29 is 24.4 Å². The quantitative estimate of drug-likeness (QED) is 0.525. The molecule has 1 aromatic rings. The molecule has 1 aromatic heterocycles. The van der Waals surface area contributed by atoms with Gasteiger partial charge in [0.15, 0.2) is 6.23 Å². The second-order valence-corrected chi connectivity index (χ2v) is 5.05. The molecule has 0 unspecified atom stereocenters. The lowest BCUT2D eigenvalue weighted by Gasteiger charge is -2.22. The molecular formula is C13H20N2O7. The van der Waals surface area contributed by atoms with Crippen molar-refractivity contribution in [3.05, 3.63) is 32.6 Å². The van der Waals surface area contributed by atoms with Gasteiger partial charge in [0.25, 0.3) is 5.56 Å². The van der Waals surface area contributed by atoms with E-state index in [0.717, 1.165) is 4.57 Å². The molecule has 0 saturated carbocycles. The average molecular weight is 316 g/mol. The molecule has 22 heavy (non-hydrogen) atoms. The second-order valence-electron chi connectivity index (χ2n) is 5.05. The molecule has 2 rings (SSSR count). The van der Waals surface area contributed by atoms with Gasteiger partial charge in [-0.25, -0.2) is 4.79 Å². The summed E-state index contributed by atoms with van der Waals surface area (Å²) in [6.45, 7) is 1.62. The van der Waals surface area contributed by atoms with Crippen LogP contribution < -0.4 is 11.2 Å². The Morgan fingerprint density at radius 2 is 2.14 bits per heavy atom. The number of H-pyrrole nitrogens is 1. The van der Waals surface area contributed by atoms with Gasteiger partial charge in [-0.15, -0.1) is 0 Å². The Hall–Kier alpha value is -1.52. The molecule has 124 valence electrons. The molecule has 9 heteroatoms. The number of ether oxygens (including phenoxy) is 3. The van der Waals surface area contributed by atoms with Crippen LogP contribution in [0.25, 0.3) is 0 Å². The van der Waals surface area contributed by atoms with Crippen molar-refractivity contribution in [1.29, 1.82) is 0 Å². The lowest BCUT2D eigenvalue weighted by Crippen LogP contribution is -2.40. The van der Waals surface area contributed by atoms with Crippen LogP contribution >= 0.6 is 0 Å². The first-order chi connectivity index (χ1) is 10.5. The predicted octanol–water partition coefficient (Wildman–Crippen LogP) is -1.87. The number of hydrogen-bond donors (Lipinski definition) is 3. The fourth-order valence-corrected chi connectivity index (χ4v) is 2.32. The second kappa shape index (κ2) is 7.16. The molecular weight excluding hydrogens is 296 g/mol. The highest BCUT2D eigenvalue weighted by Crippen LogP contribution is 2.30. The fraction of sp³-hybridized carbons (Fsp3) is 0.692. The zero-order valence-corrected chi connectivity index (χ0v) is 12.4. The van der Waals surface area contributed by atoms with Crippen molar-refractivity contribution in [2.75, 3.05) is 26.9 Å². The molecule has 0 bridgehead atoms. The van der Waals surface area contributed by atoms with E-state index in [1.165, 1.54) is 13.3 Å². The molecule has 4 atom stereocenters. The number of rotatable bonds is 6. The summed E-state index contributed by atoms with van der Waals surface area (Å²) >= 11 is 0. The summed E-state index contributed by atoms with van der Waals surface area (Å²) < 4.78 is 17.0. The molecule has 0 amide bonds. The Bertz CT molecular complexity index is 611. The Balaban J connectivity index is 2.31. The van der Waals surface area contributed by atoms with Crippen LogP contribution in [-0.2, 0) is 14.2 Å². The number of methoxy groups -OCH3 is 1. The van der Waals surface area contributed by atoms with Gasteiger partial charge in [0.1, 0.15) is 18.3 Å². The van der Waals surface area contributed by atoms with Crippen molar-refractivity contribution in [3.8, 4) is 0 Å². The van der Waals surface area contributed by atoms with E-state index in [9.17, 15) is 19.8 Å². The molecule has 2 heterocycles. The smallest absolute Gasteiger partial charge is 0.330 e. The SMILES string of the molecule is COCCO[C@@H]1[C@@H](O)[C@@H](CO)O[C@H]1n1cc(C)c(=O)[nH]c1=O. The molecule has 0 spiro atoms. The molecule has 9 nitrogen and oxygen atoms in total. The Morgan fingerprint density at radius 1 is 1.41 bits per heavy atom. The number of aliphatic hydroxyl groups is 2. The van der Waals surface area contributed by atoms with Crippen molar-refractivity contribution in [3.63, 3.8) is 0 Å². The Morgan fingerprint density at radius 3 is 2.77 bits per heavy atom. The summed E-state index contributed by atoms with van der Waals surface area (Å²) in [6.07, 6.45) is -2.46. The first-order valence-corrected chi connectivity index (χ1v) is 6.86. The van der Waals surface area contributed by atoms with E-state index in [4.69, 9.17) is 14.2 Å². The summed E-state index contributed by atoms with van der Waals surface area (Å²) in [5.41, 5.74) is -0.845. The zero-order valence-electron chi connectivity index (χ0n) is 12.4. The number of nitrogens with zero attached hydrogens (tertiary/aromatic N) is 1. The van der Waals surface area contributed by atoms with Gasteiger partial charge in [0.2, 0.25) is 0 Å². The maximum Gasteiger partial charge on any atom is 0.330 e. The summed E-state index contributed by atoms with van der Waals surface area (Å²) in [7, 11) is 1.51. The Labute approximate surface area is 126 Å². The van der Waals surface area contributed by atoms with E-state index in [1.54, 1.807) is 6.92 Å². The zero-order chi connectivity index (χ0) is 16.3. The number of aromatic nitrogens is 2. The maximum atomic E-state index is 12.0. The van der Waals surface area contributed by atoms with Gasteiger partial charge in [0, 0.05) is 18.9 Å². The van der Waals surface area contributed by atoms with Crippen LogP contribution in [0, 0.1) is 6.92 Å². The van der Waals surface area contributed by atoms with Gasteiger partial charge in [-0.2, -0.15) is 0 Å². The van der Waals surface area contributed by atoms with Crippen molar-refractivity contribution in [1.82, 2.24) is 9.55 Å². The van der Waals surface area contributed by atoms with Gasteiger partial charge in [-0.3, -0.25) is 14.3 Å². The third-order valence-corrected chi connectivity index (χ3v) is 3.51. The van der Waals surface area contributed by atoms with Crippen LogP contribution in [0.15, 0.2) is 15.8 Å². The molecule has 1 saturated heterocycles.